The molecule has 0 fully saturated rings. The Kier molecular flexibility index (Phi) is 9.02. The number of methoxy groups -OCH3 is 1. The SMILES string of the molecule is COc1cc(C=NNC(=O)CSc2nnc(SCc3ccc(Cl)cc3)s2)cc(Br)c1O. The number of carbonyl (C=O) groups excluding carboxylic acids is 1. The molecule has 2 N–H and O–H groups in total. The second-order valence-corrected chi connectivity index (χ2v) is 10.6. The topological polar surface area (TPSA) is 96.7 Å². The second-order valence-electron chi connectivity index (χ2n) is 5.88. The molecule has 0 bridgehead atoms. The molecule has 3 rings (SSSR count). The summed E-state index contributed by atoms with van der Waals surface area (Å²) in [4.78, 5) is 12.0. The summed E-state index contributed by atoms with van der Waals surface area (Å²) in [6, 6.07) is 10.9. The van der Waals surface area contributed by atoms with Crippen LogP contribution in [0.5, 0.6) is 11.5 Å². The molecule has 0 aliphatic carbocycles. The predicted octanol–water partition coefficient (Wildman–Crippen LogP) is 5.20. The normalized spacial score (nSPS) is 11.1. The zero-order chi connectivity index (χ0) is 22.2. The molecule has 1 aromatic heterocycles. The van der Waals surface area contributed by atoms with Gasteiger partial charge in [0.1, 0.15) is 0 Å². The molecular weight excluding hydrogens is 544 g/mol. The summed E-state index contributed by atoms with van der Waals surface area (Å²) in [6.07, 6.45) is 1.46. The fourth-order valence-corrected chi connectivity index (χ4v) is 5.56. The lowest BCUT2D eigenvalue weighted by Crippen LogP contribution is -2.19. The molecule has 0 atom stereocenters. The molecule has 3 aromatic rings. The van der Waals surface area contributed by atoms with E-state index in [0.717, 1.165) is 15.7 Å². The lowest BCUT2D eigenvalue weighted by atomic mass is 10.2. The number of ether oxygens (including phenoxy) is 1. The van der Waals surface area contributed by atoms with Crippen LogP contribution in [0.4, 0.5) is 0 Å². The van der Waals surface area contributed by atoms with Crippen LogP contribution in [0, 0.1) is 0 Å². The van der Waals surface area contributed by atoms with Gasteiger partial charge < -0.3 is 9.84 Å². The smallest absolute Gasteiger partial charge is 0.250 e. The molecule has 1 amide bonds. The number of phenolic OH excluding ortho intramolecular Hbond substituents is 1. The second kappa shape index (κ2) is 11.7. The minimum Gasteiger partial charge on any atom is -0.503 e. The minimum absolute atomic E-state index is 0.00263. The Morgan fingerprint density at radius 2 is 2.00 bits per heavy atom. The first-order chi connectivity index (χ1) is 14.9. The molecule has 31 heavy (non-hydrogen) atoms. The quantitative estimate of drug-likeness (QED) is 0.211. The van der Waals surface area contributed by atoms with E-state index in [-0.39, 0.29) is 17.4 Å². The summed E-state index contributed by atoms with van der Waals surface area (Å²) in [7, 11) is 1.45. The van der Waals surface area contributed by atoms with E-state index in [0.29, 0.717) is 25.1 Å². The van der Waals surface area contributed by atoms with Crippen molar-refractivity contribution in [3.8, 4) is 11.5 Å². The summed E-state index contributed by atoms with van der Waals surface area (Å²) in [5.41, 5.74) is 4.26. The van der Waals surface area contributed by atoms with E-state index in [2.05, 4.69) is 36.7 Å². The van der Waals surface area contributed by atoms with Crippen LogP contribution in [0.2, 0.25) is 5.02 Å². The van der Waals surface area contributed by atoms with Crippen LogP contribution >= 0.6 is 62.4 Å². The van der Waals surface area contributed by atoms with E-state index < -0.39 is 0 Å². The highest BCUT2D eigenvalue weighted by molar-refractivity contribution is 9.10. The molecule has 7 nitrogen and oxygen atoms in total. The summed E-state index contributed by atoms with van der Waals surface area (Å²) < 4.78 is 7.10. The summed E-state index contributed by atoms with van der Waals surface area (Å²) in [5.74, 6) is 0.971. The number of rotatable bonds is 9. The van der Waals surface area contributed by atoms with Gasteiger partial charge in [-0.25, -0.2) is 5.43 Å². The monoisotopic (exact) mass is 558 g/mol. The number of nitrogens with one attached hydrogen (secondary N) is 1. The van der Waals surface area contributed by atoms with E-state index in [4.69, 9.17) is 16.3 Å². The summed E-state index contributed by atoms with van der Waals surface area (Å²) in [5, 5.41) is 22.7. The summed E-state index contributed by atoms with van der Waals surface area (Å²) in [6.45, 7) is 0. The predicted molar refractivity (Wildman–Crippen MR) is 130 cm³/mol. The van der Waals surface area contributed by atoms with Crippen LogP contribution in [0.25, 0.3) is 0 Å². The molecule has 1 heterocycles. The number of hydrogen-bond donors (Lipinski definition) is 2. The lowest BCUT2D eigenvalue weighted by Gasteiger charge is -2.06. The average Bonchev–Trinajstić information content (AvgIpc) is 3.22. The molecule has 0 saturated heterocycles. The van der Waals surface area contributed by atoms with Gasteiger partial charge in [-0.15, -0.1) is 10.2 Å². The number of halogens is 2. The third-order valence-electron chi connectivity index (χ3n) is 3.66. The van der Waals surface area contributed by atoms with Crippen molar-refractivity contribution in [2.75, 3.05) is 12.9 Å². The zero-order valence-corrected chi connectivity index (χ0v) is 20.8. The Hall–Kier alpha value is -1.79. The number of thioether (sulfide) groups is 2. The van der Waals surface area contributed by atoms with Gasteiger partial charge in [0.15, 0.2) is 20.2 Å². The standard InChI is InChI=1S/C19H16BrClN4O3S3/c1-28-15-7-12(6-14(20)17(15)27)8-22-23-16(26)10-30-19-25-24-18(31-19)29-9-11-2-4-13(21)5-3-11/h2-8,27H,9-10H2,1H3,(H,23,26). The highest BCUT2D eigenvalue weighted by Crippen LogP contribution is 2.34. The van der Waals surface area contributed by atoms with Crippen LogP contribution in [0.3, 0.4) is 0 Å². The molecule has 162 valence electrons. The molecule has 0 aliphatic heterocycles. The third kappa shape index (κ3) is 7.39. The van der Waals surface area contributed by atoms with E-state index in [1.807, 2.05) is 24.3 Å². The number of amides is 1. The largest absolute Gasteiger partial charge is 0.503 e. The van der Waals surface area contributed by atoms with Gasteiger partial charge in [-0.2, -0.15) is 5.10 Å². The van der Waals surface area contributed by atoms with Crippen LogP contribution in [0.15, 0.2) is 54.7 Å². The van der Waals surface area contributed by atoms with Gasteiger partial charge in [0, 0.05) is 10.8 Å². The first-order valence-electron chi connectivity index (χ1n) is 8.66. The van der Waals surface area contributed by atoms with Gasteiger partial charge in [0.25, 0.3) is 5.91 Å². The molecule has 2 aromatic carbocycles. The Bertz CT molecular complexity index is 1080. The van der Waals surface area contributed by atoms with Crippen LogP contribution in [0.1, 0.15) is 11.1 Å². The Morgan fingerprint density at radius 1 is 1.29 bits per heavy atom. The van der Waals surface area contributed by atoms with Crippen molar-refractivity contribution in [1.29, 1.82) is 0 Å². The van der Waals surface area contributed by atoms with Crippen LogP contribution in [-0.2, 0) is 10.5 Å². The molecular formula is C19H16BrClN4O3S3. The van der Waals surface area contributed by atoms with Crippen molar-refractivity contribution < 1.29 is 14.6 Å². The molecule has 0 radical (unpaired) electrons. The molecule has 12 heteroatoms. The average molecular weight is 560 g/mol. The van der Waals surface area contributed by atoms with Gasteiger partial charge in [0.2, 0.25) is 0 Å². The number of nitrogens with zero attached hydrogens (tertiary/aromatic N) is 3. The van der Waals surface area contributed by atoms with Crippen molar-refractivity contribution in [2.24, 2.45) is 5.10 Å². The molecule has 0 unspecified atom stereocenters. The number of hydrogen-bond acceptors (Lipinski definition) is 9. The molecule has 0 spiro atoms. The van der Waals surface area contributed by atoms with Gasteiger partial charge in [0.05, 0.1) is 23.5 Å². The van der Waals surface area contributed by atoms with Crippen molar-refractivity contribution in [3.63, 3.8) is 0 Å². The molecule has 0 aliphatic rings. The maximum atomic E-state index is 12.0. The Morgan fingerprint density at radius 3 is 2.71 bits per heavy atom. The number of benzene rings is 2. The van der Waals surface area contributed by atoms with E-state index in [1.54, 1.807) is 23.9 Å². The van der Waals surface area contributed by atoms with E-state index >= 15 is 0 Å². The zero-order valence-electron chi connectivity index (χ0n) is 16.0. The minimum atomic E-state index is -0.267. The van der Waals surface area contributed by atoms with Crippen molar-refractivity contribution in [2.45, 2.75) is 14.4 Å². The van der Waals surface area contributed by atoms with Crippen LogP contribution in [-0.4, -0.2) is 40.3 Å². The molecule has 0 saturated carbocycles. The van der Waals surface area contributed by atoms with Crippen molar-refractivity contribution in [1.82, 2.24) is 15.6 Å². The summed E-state index contributed by atoms with van der Waals surface area (Å²) >= 11 is 13.5. The van der Waals surface area contributed by atoms with Crippen LogP contribution < -0.4 is 10.2 Å². The van der Waals surface area contributed by atoms with Gasteiger partial charge >= 0.3 is 0 Å². The number of aromatic hydroxyl groups is 1. The third-order valence-corrected chi connectivity index (χ3v) is 7.78. The highest BCUT2D eigenvalue weighted by atomic mass is 79.9. The van der Waals surface area contributed by atoms with E-state index in [9.17, 15) is 9.90 Å². The number of carbonyl (C=O) groups is 1. The fraction of sp³-hybridized carbons (Fsp3) is 0.158. The van der Waals surface area contributed by atoms with Gasteiger partial charge in [-0.1, -0.05) is 58.6 Å². The van der Waals surface area contributed by atoms with E-state index in [1.165, 1.54) is 36.4 Å². The first kappa shape index (κ1) is 23.9. The Balaban J connectivity index is 1.44. The highest BCUT2D eigenvalue weighted by Gasteiger charge is 2.10. The van der Waals surface area contributed by atoms with Gasteiger partial charge in [-0.05, 0) is 51.3 Å². The lowest BCUT2D eigenvalue weighted by molar-refractivity contribution is -0.118. The Labute approximate surface area is 204 Å². The maximum absolute atomic E-state index is 12.0. The number of hydrazone groups is 1. The number of aromatic nitrogens is 2. The first-order valence-corrected chi connectivity index (χ1v) is 12.6. The maximum Gasteiger partial charge on any atom is 0.250 e. The number of phenols is 1. The van der Waals surface area contributed by atoms with Gasteiger partial charge in [-0.3, -0.25) is 4.79 Å². The van der Waals surface area contributed by atoms with Crippen molar-refractivity contribution >= 4 is 74.5 Å². The fourth-order valence-electron chi connectivity index (χ4n) is 2.20. The van der Waals surface area contributed by atoms with Crippen molar-refractivity contribution in [3.05, 3.63) is 57.0 Å².